The Balaban J connectivity index is 2.32. The first-order valence-corrected chi connectivity index (χ1v) is 5.37. The molecule has 0 atom stereocenters. The maximum Gasteiger partial charge on any atom is 0.123 e. The Morgan fingerprint density at radius 2 is 2.21 bits per heavy atom. The summed E-state index contributed by atoms with van der Waals surface area (Å²) >= 11 is 1.65. The number of hydrogen-bond donors (Lipinski definition) is 0. The second-order valence-corrected chi connectivity index (χ2v) is 4.20. The van der Waals surface area contributed by atoms with E-state index >= 15 is 0 Å². The minimum atomic E-state index is -0.182. The van der Waals surface area contributed by atoms with Crippen molar-refractivity contribution in [2.24, 2.45) is 0 Å². The van der Waals surface area contributed by atoms with Crippen molar-refractivity contribution in [3.8, 4) is 0 Å². The van der Waals surface area contributed by atoms with Gasteiger partial charge in [0, 0.05) is 16.2 Å². The van der Waals surface area contributed by atoms with Gasteiger partial charge in [-0.05, 0) is 36.6 Å². The fourth-order valence-corrected chi connectivity index (χ4v) is 2.33. The predicted octanol–water partition coefficient (Wildman–Crippen LogP) is 3.58. The van der Waals surface area contributed by atoms with Gasteiger partial charge in [0.2, 0.25) is 0 Å². The number of fused-ring (bicyclic) bond motifs is 1. The Morgan fingerprint density at radius 1 is 1.36 bits per heavy atom. The molecule has 3 heteroatoms. The highest BCUT2D eigenvalue weighted by Gasteiger charge is 2.02. The van der Waals surface area contributed by atoms with Gasteiger partial charge in [-0.2, -0.15) is 0 Å². The number of thiophene rings is 1. The van der Waals surface area contributed by atoms with Crippen molar-refractivity contribution in [3.05, 3.63) is 35.0 Å². The molecule has 1 nitrogen and oxygen atoms in total. The molecule has 14 heavy (non-hydrogen) atoms. The molecule has 0 aliphatic heterocycles. The molecule has 0 saturated carbocycles. The van der Waals surface area contributed by atoms with Gasteiger partial charge in [0.25, 0.3) is 0 Å². The van der Waals surface area contributed by atoms with Crippen molar-refractivity contribution in [3.63, 3.8) is 0 Å². The second-order valence-electron chi connectivity index (χ2n) is 3.03. The SMILES string of the molecule is CCOCc1cc2cc(F)ccc2s1. The van der Waals surface area contributed by atoms with Gasteiger partial charge in [-0.1, -0.05) is 0 Å². The lowest BCUT2D eigenvalue weighted by Gasteiger charge is -1.94. The van der Waals surface area contributed by atoms with Crippen LogP contribution in [0.2, 0.25) is 0 Å². The third kappa shape index (κ3) is 1.94. The molecule has 0 amide bonds. The van der Waals surface area contributed by atoms with Crippen LogP contribution in [0.15, 0.2) is 24.3 Å². The van der Waals surface area contributed by atoms with Crippen LogP contribution in [0, 0.1) is 5.82 Å². The minimum absolute atomic E-state index is 0.182. The molecule has 0 aliphatic carbocycles. The quantitative estimate of drug-likeness (QED) is 0.752. The van der Waals surface area contributed by atoms with E-state index in [0.29, 0.717) is 13.2 Å². The van der Waals surface area contributed by atoms with Crippen molar-refractivity contribution in [2.75, 3.05) is 6.61 Å². The van der Waals surface area contributed by atoms with E-state index in [1.807, 2.05) is 19.1 Å². The summed E-state index contributed by atoms with van der Waals surface area (Å²) in [6.07, 6.45) is 0. The molecule has 0 unspecified atom stereocenters. The lowest BCUT2D eigenvalue weighted by molar-refractivity contribution is 0.136. The smallest absolute Gasteiger partial charge is 0.123 e. The van der Waals surface area contributed by atoms with Crippen LogP contribution in [0.1, 0.15) is 11.8 Å². The van der Waals surface area contributed by atoms with Crippen LogP contribution in [0.5, 0.6) is 0 Å². The molecule has 0 spiro atoms. The molecule has 74 valence electrons. The van der Waals surface area contributed by atoms with E-state index in [1.165, 1.54) is 6.07 Å². The standard InChI is InChI=1S/C11H11FOS/c1-2-13-7-10-6-8-5-9(12)3-4-11(8)14-10/h3-6H,2,7H2,1H3. The number of halogens is 1. The monoisotopic (exact) mass is 210 g/mol. The highest BCUT2D eigenvalue weighted by molar-refractivity contribution is 7.19. The summed E-state index contributed by atoms with van der Waals surface area (Å²) in [5, 5.41) is 0.963. The minimum Gasteiger partial charge on any atom is -0.376 e. The third-order valence-corrected chi connectivity index (χ3v) is 3.07. The van der Waals surface area contributed by atoms with E-state index in [2.05, 4.69) is 0 Å². The molecule has 2 aromatic rings. The number of benzene rings is 1. The summed E-state index contributed by atoms with van der Waals surface area (Å²) in [4.78, 5) is 1.15. The summed E-state index contributed by atoms with van der Waals surface area (Å²) in [6.45, 7) is 3.30. The van der Waals surface area contributed by atoms with Crippen molar-refractivity contribution >= 4 is 21.4 Å². The van der Waals surface area contributed by atoms with E-state index in [0.717, 1.165) is 15.0 Å². The maximum absolute atomic E-state index is 12.9. The Hall–Kier alpha value is -0.930. The van der Waals surface area contributed by atoms with Gasteiger partial charge in [-0.15, -0.1) is 11.3 Å². The molecule has 0 aliphatic rings. The van der Waals surface area contributed by atoms with E-state index in [1.54, 1.807) is 17.4 Å². The number of hydrogen-bond acceptors (Lipinski definition) is 2. The Labute approximate surface area is 86.1 Å². The third-order valence-electron chi connectivity index (χ3n) is 1.98. The largest absolute Gasteiger partial charge is 0.376 e. The lowest BCUT2D eigenvalue weighted by atomic mass is 10.2. The Bertz CT molecular complexity index is 436. The van der Waals surface area contributed by atoms with Crippen molar-refractivity contribution in [1.29, 1.82) is 0 Å². The molecule has 0 N–H and O–H groups in total. The maximum atomic E-state index is 12.9. The predicted molar refractivity (Wildman–Crippen MR) is 57.1 cm³/mol. The normalized spacial score (nSPS) is 11.0. The first kappa shape index (κ1) is 9.62. The lowest BCUT2D eigenvalue weighted by Crippen LogP contribution is -1.87. The average molecular weight is 210 g/mol. The van der Waals surface area contributed by atoms with Gasteiger partial charge in [0.15, 0.2) is 0 Å². The van der Waals surface area contributed by atoms with Crippen LogP contribution in [0.3, 0.4) is 0 Å². The van der Waals surface area contributed by atoms with Crippen molar-refractivity contribution in [1.82, 2.24) is 0 Å². The Kier molecular flexibility index (Phi) is 2.79. The molecule has 1 aromatic carbocycles. The zero-order valence-electron chi connectivity index (χ0n) is 7.92. The van der Waals surface area contributed by atoms with Crippen LogP contribution in [-0.2, 0) is 11.3 Å². The summed E-state index contributed by atoms with van der Waals surface area (Å²) < 4.78 is 19.3. The number of rotatable bonds is 3. The highest BCUT2D eigenvalue weighted by Crippen LogP contribution is 2.26. The molecule has 0 fully saturated rings. The van der Waals surface area contributed by atoms with Gasteiger partial charge in [0.1, 0.15) is 5.82 Å². The highest BCUT2D eigenvalue weighted by atomic mass is 32.1. The number of ether oxygens (including phenoxy) is 1. The van der Waals surface area contributed by atoms with Crippen LogP contribution in [0.4, 0.5) is 4.39 Å². The molecule has 1 aromatic heterocycles. The molecule has 0 saturated heterocycles. The first-order valence-electron chi connectivity index (χ1n) is 4.55. The van der Waals surface area contributed by atoms with Gasteiger partial charge in [-0.25, -0.2) is 4.39 Å². The van der Waals surface area contributed by atoms with Gasteiger partial charge >= 0.3 is 0 Å². The van der Waals surface area contributed by atoms with E-state index < -0.39 is 0 Å². The summed E-state index contributed by atoms with van der Waals surface area (Å²) in [5.74, 6) is -0.182. The van der Waals surface area contributed by atoms with E-state index in [4.69, 9.17) is 4.74 Å². The molecule has 0 bridgehead atoms. The molecular weight excluding hydrogens is 199 g/mol. The molecule has 1 heterocycles. The molecular formula is C11H11FOS. The van der Waals surface area contributed by atoms with Gasteiger partial charge < -0.3 is 4.74 Å². The summed E-state index contributed by atoms with van der Waals surface area (Å²) in [7, 11) is 0. The van der Waals surface area contributed by atoms with Crippen LogP contribution in [0.25, 0.3) is 10.1 Å². The average Bonchev–Trinajstić information content (AvgIpc) is 2.56. The summed E-state index contributed by atoms with van der Waals surface area (Å²) in [6, 6.07) is 6.84. The zero-order valence-corrected chi connectivity index (χ0v) is 8.73. The van der Waals surface area contributed by atoms with Crippen LogP contribution in [-0.4, -0.2) is 6.61 Å². The fourth-order valence-electron chi connectivity index (χ4n) is 1.34. The zero-order chi connectivity index (χ0) is 9.97. The summed E-state index contributed by atoms with van der Waals surface area (Å²) in [5.41, 5.74) is 0. The van der Waals surface area contributed by atoms with Crippen molar-refractivity contribution in [2.45, 2.75) is 13.5 Å². The Morgan fingerprint density at radius 3 is 3.00 bits per heavy atom. The topological polar surface area (TPSA) is 9.23 Å². The van der Waals surface area contributed by atoms with Crippen LogP contribution >= 0.6 is 11.3 Å². The first-order chi connectivity index (χ1) is 6.79. The van der Waals surface area contributed by atoms with E-state index in [9.17, 15) is 4.39 Å². The van der Waals surface area contributed by atoms with Crippen molar-refractivity contribution < 1.29 is 9.13 Å². The van der Waals surface area contributed by atoms with Gasteiger partial charge in [-0.3, -0.25) is 0 Å². The van der Waals surface area contributed by atoms with E-state index in [-0.39, 0.29) is 5.82 Å². The molecule has 0 radical (unpaired) electrons. The van der Waals surface area contributed by atoms with Crippen LogP contribution < -0.4 is 0 Å². The van der Waals surface area contributed by atoms with Gasteiger partial charge in [0.05, 0.1) is 6.61 Å². The fraction of sp³-hybridized carbons (Fsp3) is 0.273. The second kappa shape index (κ2) is 4.07. The molecule has 2 rings (SSSR count).